The molecule has 0 amide bonds. The van der Waals surface area contributed by atoms with Crippen molar-refractivity contribution in [1.29, 1.82) is 0 Å². The summed E-state index contributed by atoms with van der Waals surface area (Å²) in [6, 6.07) is 12.7. The van der Waals surface area contributed by atoms with Crippen LogP contribution in [0.25, 0.3) is 21.9 Å². The number of hydrazine groups is 2. The smallest absolute Gasteiger partial charge is 0.475 e. The fourth-order valence-electron chi connectivity index (χ4n) is 7.21. The zero-order valence-corrected chi connectivity index (χ0v) is 30.4. The number of aliphatic carboxylic acids is 1. The molecule has 0 spiro atoms. The number of carbonyl (C=O) groups excluding carboxylic acids is 1. The number of hydrogen-bond donors (Lipinski definition) is 4. The summed E-state index contributed by atoms with van der Waals surface area (Å²) >= 11 is 6.22. The number of nitrogen functional groups attached to an aromatic ring is 1. The number of halogens is 4. The molecule has 54 heavy (non-hydrogen) atoms. The summed E-state index contributed by atoms with van der Waals surface area (Å²) in [6.07, 6.45) is 5.56. The Bertz CT molecular complexity index is 2200. The Labute approximate surface area is 313 Å². The van der Waals surface area contributed by atoms with Gasteiger partial charge in [-0.05, 0) is 86.3 Å². The normalized spacial score (nSPS) is 17.6. The maximum atomic E-state index is 12.7. The number of anilines is 2. The molecular formula is C38H40ClF3N6O6. The van der Waals surface area contributed by atoms with Crippen LogP contribution in [0.1, 0.15) is 54.8 Å². The molecular weight excluding hydrogens is 729 g/mol. The molecule has 16 heteroatoms. The maximum absolute atomic E-state index is 12.7. The van der Waals surface area contributed by atoms with Crippen molar-refractivity contribution < 1.29 is 37.0 Å². The van der Waals surface area contributed by atoms with Gasteiger partial charge in [0.15, 0.2) is 0 Å². The molecule has 2 aromatic heterocycles. The fourth-order valence-corrected chi connectivity index (χ4v) is 7.37. The van der Waals surface area contributed by atoms with E-state index in [0.29, 0.717) is 28.0 Å². The van der Waals surface area contributed by atoms with E-state index in [2.05, 4.69) is 17.0 Å². The minimum absolute atomic E-state index is 0.0223. The topological polar surface area (TPSA) is 163 Å². The lowest BCUT2D eigenvalue weighted by Gasteiger charge is -2.36. The molecule has 2 aliphatic carbocycles. The fraction of sp³-hybridized carbons (Fsp3) is 0.368. The molecule has 286 valence electrons. The van der Waals surface area contributed by atoms with Crippen LogP contribution in [0.2, 0.25) is 5.02 Å². The van der Waals surface area contributed by atoms with Gasteiger partial charge >= 0.3 is 23.7 Å². The van der Waals surface area contributed by atoms with Gasteiger partial charge in [-0.25, -0.2) is 9.59 Å². The lowest BCUT2D eigenvalue weighted by atomic mass is 9.70. The first-order valence-corrected chi connectivity index (χ1v) is 17.8. The van der Waals surface area contributed by atoms with Crippen LogP contribution in [0.5, 0.6) is 0 Å². The molecule has 2 aromatic carbocycles. The van der Waals surface area contributed by atoms with Crippen LogP contribution in [0.15, 0.2) is 75.2 Å². The van der Waals surface area contributed by atoms with E-state index in [0.717, 1.165) is 84.1 Å². The van der Waals surface area contributed by atoms with E-state index < -0.39 is 23.7 Å². The van der Waals surface area contributed by atoms with Crippen molar-refractivity contribution in [3.8, 4) is 0 Å². The van der Waals surface area contributed by atoms with E-state index in [1.807, 2.05) is 60.5 Å². The van der Waals surface area contributed by atoms with Crippen molar-refractivity contribution in [3.05, 3.63) is 98.3 Å². The lowest BCUT2D eigenvalue weighted by Crippen LogP contribution is -2.37. The summed E-state index contributed by atoms with van der Waals surface area (Å²) in [4.78, 5) is 40.6. The average molecular weight is 769 g/mol. The monoisotopic (exact) mass is 768 g/mol. The molecule has 3 aliphatic rings. The van der Waals surface area contributed by atoms with Crippen molar-refractivity contribution in [3.63, 3.8) is 0 Å². The number of carbonyl (C=O) groups is 2. The van der Waals surface area contributed by atoms with Crippen LogP contribution < -0.4 is 27.2 Å². The average Bonchev–Trinajstić information content (AvgIpc) is 3.56. The summed E-state index contributed by atoms with van der Waals surface area (Å²) in [5, 5.41) is 11.5. The Morgan fingerprint density at radius 1 is 1.13 bits per heavy atom. The molecule has 2 bridgehead atoms. The number of aromatic nitrogens is 1. The first kappa shape index (κ1) is 38.4. The molecule has 0 saturated heterocycles. The lowest BCUT2D eigenvalue weighted by molar-refractivity contribution is -0.192. The van der Waals surface area contributed by atoms with Crippen LogP contribution in [0.3, 0.4) is 0 Å². The van der Waals surface area contributed by atoms with Crippen molar-refractivity contribution in [2.45, 2.75) is 57.0 Å². The number of benzene rings is 2. The highest BCUT2D eigenvalue weighted by atomic mass is 35.5. The van der Waals surface area contributed by atoms with Gasteiger partial charge in [0.05, 0.1) is 17.6 Å². The molecule has 0 fully saturated rings. The second-order valence-corrected chi connectivity index (χ2v) is 14.3. The Kier molecular flexibility index (Phi) is 11.4. The van der Waals surface area contributed by atoms with E-state index in [4.69, 9.17) is 41.4 Å². The number of fused-ring (bicyclic) bond motifs is 6. The zero-order valence-electron chi connectivity index (χ0n) is 29.6. The Morgan fingerprint density at radius 3 is 2.63 bits per heavy atom. The number of ether oxygens (including phenoxy) is 1. The third-order valence-corrected chi connectivity index (χ3v) is 9.89. The molecule has 1 aliphatic heterocycles. The summed E-state index contributed by atoms with van der Waals surface area (Å²) in [5.74, 6) is -2.25. The number of nitrogens with one attached hydrogen (secondary N) is 2. The minimum atomic E-state index is -5.08. The Hall–Kier alpha value is -5.28. The predicted molar refractivity (Wildman–Crippen MR) is 198 cm³/mol. The van der Waals surface area contributed by atoms with Crippen molar-refractivity contribution in [2.24, 2.45) is 5.92 Å². The molecule has 0 radical (unpaired) electrons. The maximum Gasteiger partial charge on any atom is 0.490 e. The highest BCUT2D eigenvalue weighted by Crippen LogP contribution is 2.47. The number of pyridine rings is 1. The summed E-state index contributed by atoms with van der Waals surface area (Å²) < 4.78 is 42.6. The standard InChI is InChI=1S/C36H39ClN6O4.C2HF3O2/c1-42(2)27-7-9-28-23(16-34(45)47-32(28)18-27)15-33(44)46-20-26-19-43(41-40-26)10-4-3-5-21-11-22-13-24(12-21)35-31(14-22)39-30-17-25(37)6-8-29(30)36(35)38;3-2(4,5)1(6)7/h6-9,11,16-19,22,24,40-41H,3-5,10,12-15,20H2,1-2H3,(H2,38,39);(H,6,7). The Balaban J connectivity index is 0.000000649. The van der Waals surface area contributed by atoms with Gasteiger partial charge in [0, 0.05) is 77.4 Å². The van der Waals surface area contributed by atoms with Gasteiger partial charge in [-0.15, -0.1) is 5.53 Å². The second-order valence-electron chi connectivity index (χ2n) is 13.8. The van der Waals surface area contributed by atoms with E-state index >= 15 is 0 Å². The number of carboxylic acid groups (broad SMARTS) is 1. The highest BCUT2D eigenvalue weighted by Gasteiger charge is 2.38. The van der Waals surface area contributed by atoms with Gasteiger partial charge in [0.25, 0.3) is 0 Å². The van der Waals surface area contributed by atoms with E-state index in [1.54, 1.807) is 6.07 Å². The number of alkyl halides is 3. The van der Waals surface area contributed by atoms with Crippen LogP contribution in [-0.4, -0.2) is 60.5 Å². The van der Waals surface area contributed by atoms with Crippen LogP contribution >= 0.6 is 11.6 Å². The molecule has 5 N–H and O–H groups in total. The van der Waals surface area contributed by atoms with Gasteiger partial charge < -0.3 is 30.3 Å². The van der Waals surface area contributed by atoms with E-state index in [-0.39, 0.29) is 13.0 Å². The van der Waals surface area contributed by atoms with E-state index in [9.17, 15) is 22.8 Å². The second kappa shape index (κ2) is 16.0. The van der Waals surface area contributed by atoms with Crippen LogP contribution in [0, 0.1) is 5.92 Å². The van der Waals surface area contributed by atoms with Gasteiger partial charge in [0.2, 0.25) is 0 Å². The first-order valence-electron chi connectivity index (χ1n) is 17.4. The number of nitrogens with two attached hydrogens (primary N) is 1. The number of nitrogens with zero attached hydrogens (tertiary/aromatic N) is 3. The largest absolute Gasteiger partial charge is 0.490 e. The zero-order chi connectivity index (χ0) is 38.7. The molecule has 2 atom stereocenters. The van der Waals surface area contributed by atoms with E-state index in [1.165, 1.54) is 17.2 Å². The van der Waals surface area contributed by atoms with Gasteiger partial charge in [0.1, 0.15) is 12.2 Å². The molecule has 3 heterocycles. The molecule has 2 unspecified atom stereocenters. The van der Waals surface area contributed by atoms with Crippen molar-refractivity contribution >= 4 is 56.8 Å². The summed E-state index contributed by atoms with van der Waals surface area (Å²) in [5.41, 5.74) is 20.8. The minimum Gasteiger partial charge on any atom is -0.475 e. The van der Waals surface area contributed by atoms with Crippen molar-refractivity contribution in [1.82, 2.24) is 21.0 Å². The summed E-state index contributed by atoms with van der Waals surface area (Å²) in [7, 11) is 3.82. The van der Waals surface area contributed by atoms with Crippen molar-refractivity contribution in [2.75, 3.05) is 37.9 Å². The molecule has 4 aromatic rings. The number of hydrogen-bond acceptors (Lipinski definition) is 11. The molecule has 0 saturated carbocycles. The number of unbranched alkanes of at least 4 members (excludes halogenated alkanes) is 1. The first-order chi connectivity index (χ1) is 25.6. The third kappa shape index (κ3) is 9.08. The SMILES string of the molecule is CN(C)c1ccc2c(CC(=O)OCC3=CN(CCCCC4=CC5Cc6nc7cc(Cl)ccc7c(N)c6C(C4)C5)NN3)cc(=O)oc2c1.O=C(O)C(F)(F)F. The van der Waals surface area contributed by atoms with Gasteiger partial charge in [-0.1, -0.05) is 23.3 Å². The summed E-state index contributed by atoms with van der Waals surface area (Å²) in [6.45, 7) is 0.920. The highest BCUT2D eigenvalue weighted by molar-refractivity contribution is 6.31. The number of esters is 1. The molecule has 12 nitrogen and oxygen atoms in total. The van der Waals surface area contributed by atoms with Crippen LogP contribution in [-0.2, 0) is 27.2 Å². The van der Waals surface area contributed by atoms with Gasteiger partial charge in [-0.2, -0.15) is 13.2 Å². The van der Waals surface area contributed by atoms with Crippen LogP contribution in [0.4, 0.5) is 24.5 Å². The third-order valence-electron chi connectivity index (χ3n) is 9.65. The predicted octanol–water partition coefficient (Wildman–Crippen LogP) is 6.37. The number of rotatable bonds is 10. The quantitative estimate of drug-likeness (QED) is 0.0611. The van der Waals surface area contributed by atoms with Gasteiger partial charge in [-0.3, -0.25) is 14.8 Å². The Morgan fingerprint density at radius 2 is 1.89 bits per heavy atom. The number of allylic oxidation sites excluding steroid dienone is 2. The molecule has 7 rings (SSSR count). The number of carboxylic acids is 1.